The van der Waals surface area contributed by atoms with Gasteiger partial charge < -0.3 is 10.1 Å². The average Bonchev–Trinajstić information content (AvgIpc) is 2.48. The molecule has 1 unspecified atom stereocenters. The first-order chi connectivity index (χ1) is 10.6. The molecule has 6 heteroatoms. The van der Waals surface area contributed by atoms with Crippen LogP contribution in [-0.4, -0.2) is 55.7 Å². The quantitative estimate of drug-likeness (QED) is 0.810. The molecule has 1 saturated carbocycles. The van der Waals surface area contributed by atoms with E-state index in [1.54, 1.807) is 0 Å². The topological polar surface area (TPSA) is 70.7 Å². The van der Waals surface area contributed by atoms with E-state index >= 15 is 0 Å². The number of ether oxygens (including phenoxy) is 1. The second kappa shape index (κ2) is 9.10. The van der Waals surface area contributed by atoms with Crippen LogP contribution < -0.4 is 10.6 Å². The zero-order valence-electron chi connectivity index (χ0n) is 13.6. The lowest BCUT2D eigenvalue weighted by atomic mass is 9.96. The molecule has 126 valence electrons. The van der Waals surface area contributed by atoms with Gasteiger partial charge in [0.05, 0.1) is 12.6 Å². The van der Waals surface area contributed by atoms with E-state index in [0.29, 0.717) is 0 Å². The predicted molar refractivity (Wildman–Crippen MR) is 84.6 cm³/mol. The van der Waals surface area contributed by atoms with E-state index in [4.69, 9.17) is 4.74 Å². The molecule has 3 amide bonds. The van der Waals surface area contributed by atoms with Gasteiger partial charge in [0, 0.05) is 19.2 Å². The molecule has 0 aromatic carbocycles. The van der Waals surface area contributed by atoms with Crippen LogP contribution >= 0.6 is 0 Å². The Hall–Kier alpha value is -1.14. The minimum atomic E-state index is -0.362. The Kier molecular flexibility index (Phi) is 7.12. The molecular weight excluding hydrogens is 282 g/mol. The number of nitrogens with one attached hydrogen (secondary N) is 2. The third-order valence-corrected chi connectivity index (χ3v) is 4.40. The number of hydrogen-bond donors (Lipinski definition) is 2. The van der Waals surface area contributed by atoms with Gasteiger partial charge in [-0.2, -0.15) is 0 Å². The van der Waals surface area contributed by atoms with Crippen LogP contribution in [0.15, 0.2) is 0 Å². The highest BCUT2D eigenvalue weighted by atomic mass is 16.5. The first-order valence-corrected chi connectivity index (χ1v) is 8.54. The molecule has 1 aliphatic carbocycles. The second-order valence-electron chi connectivity index (χ2n) is 6.54. The first-order valence-electron chi connectivity index (χ1n) is 8.54. The number of urea groups is 1. The number of hydrogen-bond acceptors (Lipinski definition) is 4. The van der Waals surface area contributed by atoms with E-state index in [0.717, 1.165) is 51.7 Å². The van der Waals surface area contributed by atoms with E-state index in [1.165, 1.54) is 12.8 Å². The summed E-state index contributed by atoms with van der Waals surface area (Å²) in [5.74, 6) is -0.258. The molecule has 2 rings (SSSR count). The molecule has 1 heterocycles. The van der Waals surface area contributed by atoms with Crippen LogP contribution in [0.25, 0.3) is 0 Å². The number of amides is 3. The van der Waals surface area contributed by atoms with E-state index in [2.05, 4.69) is 10.6 Å². The Labute approximate surface area is 132 Å². The molecule has 0 aromatic heterocycles. The number of likely N-dealkylation sites (N-methyl/N-ethyl adjacent to an activating group) is 1. The summed E-state index contributed by atoms with van der Waals surface area (Å²) in [7, 11) is 1.89. The van der Waals surface area contributed by atoms with Gasteiger partial charge in [-0.15, -0.1) is 0 Å². The van der Waals surface area contributed by atoms with Gasteiger partial charge in [0.15, 0.2) is 0 Å². The van der Waals surface area contributed by atoms with Crippen molar-refractivity contribution < 1.29 is 14.3 Å². The predicted octanol–water partition coefficient (Wildman–Crippen LogP) is 1.65. The van der Waals surface area contributed by atoms with E-state index in [-0.39, 0.29) is 30.6 Å². The zero-order chi connectivity index (χ0) is 15.8. The van der Waals surface area contributed by atoms with Crippen molar-refractivity contribution in [2.24, 2.45) is 0 Å². The number of nitrogens with zero attached hydrogens (tertiary/aromatic N) is 1. The Balaban J connectivity index is 1.62. The SMILES string of the molecule is CN(CC(=O)NC(=O)NC1CCCCC1)CC1CCCCO1. The van der Waals surface area contributed by atoms with E-state index in [1.807, 2.05) is 11.9 Å². The van der Waals surface area contributed by atoms with Crippen LogP contribution in [0.1, 0.15) is 51.4 Å². The summed E-state index contributed by atoms with van der Waals surface area (Å²) >= 11 is 0. The maximum atomic E-state index is 11.9. The van der Waals surface area contributed by atoms with E-state index in [9.17, 15) is 9.59 Å². The molecule has 2 N–H and O–H groups in total. The van der Waals surface area contributed by atoms with Crippen molar-refractivity contribution in [2.45, 2.75) is 63.5 Å². The molecule has 0 bridgehead atoms. The molecule has 1 aliphatic heterocycles. The number of carbonyl (C=O) groups is 2. The molecule has 1 atom stereocenters. The Morgan fingerprint density at radius 3 is 2.50 bits per heavy atom. The maximum absolute atomic E-state index is 11.9. The van der Waals surface area contributed by atoms with Crippen molar-refractivity contribution in [1.29, 1.82) is 0 Å². The summed E-state index contributed by atoms with van der Waals surface area (Å²) in [5, 5.41) is 5.31. The standard InChI is InChI=1S/C16H29N3O3/c1-19(11-14-9-5-6-10-22-14)12-15(20)18-16(21)17-13-7-3-2-4-8-13/h13-14H,2-12H2,1H3,(H2,17,18,20,21). The smallest absolute Gasteiger partial charge is 0.321 e. The lowest BCUT2D eigenvalue weighted by molar-refractivity contribution is -0.121. The summed E-state index contributed by atoms with van der Waals surface area (Å²) in [4.78, 5) is 25.6. The van der Waals surface area contributed by atoms with E-state index < -0.39 is 0 Å². The van der Waals surface area contributed by atoms with Crippen LogP contribution in [0.2, 0.25) is 0 Å². The monoisotopic (exact) mass is 311 g/mol. The van der Waals surface area contributed by atoms with Crippen molar-refractivity contribution in [1.82, 2.24) is 15.5 Å². The summed E-state index contributed by atoms with van der Waals surface area (Å²) in [6.07, 6.45) is 9.16. The van der Waals surface area contributed by atoms with Gasteiger partial charge in [0.25, 0.3) is 0 Å². The van der Waals surface area contributed by atoms with Crippen LogP contribution in [0.5, 0.6) is 0 Å². The molecule has 0 aromatic rings. The van der Waals surface area contributed by atoms with Crippen LogP contribution in [0.3, 0.4) is 0 Å². The minimum absolute atomic E-state index is 0.211. The van der Waals surface area contributed by atoms with Gasteiger partial charge in [-0.25, -0.2) is 4.79 Å². The van der Waals surface area contributed by atoms with Gasteiger partial charge in [-0.3, -0.25) is 15.0 Å². The first kappa shape index (κ1) is 17.2. The highest BCUT2D eigenvalue weighted by molar-refractivity contribution is 5.95. The second-order valence-corrected chi connectivity index (χ2v) is 6.54. The Morgan fingerprint density at radius 1 is 1.09 bits per heavy atom. The Morgan fingerprint density at radius 2 is 1.82 bits per heavy atom. The van der Waals surface area contributed by atoms with Crippen molar-refractivity contribution in [3.05, 3.63) is 0 Å². The molecule has 22 heavy (non-hydrogen) atoms. The van der Waals surface area contributed by atoms with Crippen LogP contribution in [0.4, 0.5) is 4.79 Å². The van der Waals surface area contributed by atoms with Gasteiger partial charge >= 0.3 is 6.03 Å². The zero-order valence-corrected chi connectivity index (χ0v) is 13.6. The normalized spacial score (nSPS) is 23.3. The largest absolute Gasteiger partial charge is 0.377 e. The fourth-order valence-corrected chi connectivity index (χ4v) is 3.24. The average molecular weight is 311 g/mol. The van der Waals surface area contributed by atoms with Gasteiger partial charge in [0.2, 0.25) is 5.91 Å². The van der Waals surface area contributed by atoms with Crippen molar-refractivity contribution >= 4 is 11.9 Å². The van der Waals surface area contributed by atoms with Crippen LogP contribution in [0, 0.1) is 0 Å². The maximum Gasteiger partial charge on any atom is 0.321 e. The highest BCUT2D eigenvalue weighted by Gasteiger charge is 2.19. The molecular formula is C16H29N3O3. The third-order valence-electron chi connectivity index (χ3n) is 4.40. The van der Waals surface area contributed by atoms with Gasteiger partial charge in [-0.1, -0.05) is 19.3 Å². The van der Waals surface area contributed by atoms with Crippen molar-refractivity contribution in [2.75, 3.05) is 26.7 Å². The molecule has 1 saturated heterocycles. The summed E-state index contributed by atoms with van der Waals surface area (Å²) < 4.78 is 5.66. The highest BCUT2D eigenvalue weighted by Crippen LogP contribution is 2.17. The molecule has 2 fully saturated rings. The molecule has 2 aliphatic rings. The molecule has 0 spiro atoms. The lowest BCUT2D eigenvalue weighted by Crippen LogP contribution is -2.48. The number of carbonyl (C=O) groups excluding carboxylic acids is 2. The van der Waals surface area contributed by atoms with Crippen molar-refractivity contribution in [3.63, 3.8) is 0 Å². The Bertz CT molecular complexity index is 364. The lowest BCUT2D eigenvalue weighted by Gasteiger charge is -2.27. The third kappa shape index (κ3) is 6.32. The minimum Gasteiger partial charge on any atom is -0.377 e. The summed E-state index contributed by atoms with van der Waals surface area (Å²) in [5.41, 5.74) is 0. The summed E-state index contributed by atoms with van der Waals surface area (Å²) in [6, 6.07) is -0.144. The number of imide groups is 1. The summed E-state index contributed by atoms with van der Waals surface area (Å²) in [6.45, 7) is 1.77. The number of rotatable bonds is 5. The van der Waals surface area contributed by atoms with Gasteiger partial charge in [-0.05, 0) is 39.2 Å². The molecule has 6 nitrogen and oxygen atoms in total. The molecule has 0 radical (unpaired) electrons. The van der Waals surface area contributed by atoms with Gasteiger partial charge in [0.1, 0.15) is 0 Å². The van der Waals surface area contributed by atoms with Crippen LogP contribution in [-0.2, 0) is 9.53 Å². The fraction of sp³-hybridized carbons (Fsp3) is 0.875. The fourth-order valence-electron chi connectivity index (χ4n) is 3.24. The van der Waals surface area contributed by atoms with Crippen molar-refractivity contribution in [3.8, 4) is 0 Å².